The standard InChI is InChI=1S/C56H68N12O8S/c1-32(2)52(56(72)67-30-39(69)22-47(67)55(71)61-33(3)35-9-12-44(59-27-35)53-34(4)60-31-77-53)49-26-51(64-76-49)73-20-19-65-17-14-40(15-18-65)74-41-23-42(24-41)75-50-21-36(13-16-58-50)68-37-10-11-38(68)29-66(28-37)46-25-45(62-63-54(46)57)43-7-5-6-8-48(43)70/h5-9,12-13,16,21,25-27,31-33,37-42,47,52,69-70H,10-11,14-15,17-20,22-24,28-30H2,1-4H3,(H2,57,63)(H,61,71)/t33-,37?,38?,39-,41?,42?,47+,52?/m0/s1. The number of anilines is 3. The van der Waals surface area contributed by atoms with Gasteiger partial charge in [-0.25, -0.2) is 9.97 Å². The second-order valence-corrected chi connectivity index (χ2v) is 22.4. The molecule has 2 bridgehead atoms. The maximum Gasteiger partial charge on any atom is 0.254 e. The van der Waals surface area contributed by atoms with Gasteiger partial charge in [0.25, 0.3) is 5.88 Å². The number of ether oxygens (including phenoxy) is 3. The zero-order valence-corrected chi connectivity index (χ0v) is 44.8. The summed E-state index contributed by atoms with van der Waals surface area (Å²) in [6.45, 7) is 12.2. The van der Waals surface area contributed by atoms with Gasteiger partial charge in [-0.05, 0) is 86.5 Å². The van der Waals surface area contributed by atoms with E-state index in [9.17, 15) is 19.8 Å². The molecule has 1 aromatic carbocycles. The van der Waals surface area contributed by atoms with Gasteiger partial charge in [0, 0.05) is 106 Å². The first-order valence-electron chi connectivity index (χ1n) is 27.0. The lowest BCUT2D eigenvalue weighted by molar-refractivity contribution is -0.141. The molecule has 5 aromatic heterocycles. The number of phenols is 1. The molecule has 5 fully saturated rings. The average molecular weight is 1070 g/mol. The van der Waals surface area contributed by atoms with Gasteiger partial charge < -0.3 is 54.7 Å². The second-order valence-electron chi connectivity index (χ2n) is 21.6. The van der Waals surface area contributed by atoms with Crippen LogP contribution in [0.3, 0.4) is 0 Å². The first-order valence-corrected chi connectivity index (χ1v) is 27.9. The van der Waals surface area contributed by atoms with E-state index in [0.29, 0.717) is 47.7 Å². The number of aryl methyl sites for hydroxylation is 1. The molecule has 1 aliphatic carbocycles. The molecule has 20 nitrogen and oxygen atoms in total. The van der Waals surface area contributed by atoms with Crippen LogP contribution in [0.1, 0.15) is 94.7 Å². The van der Waals surface area contributed by atoms with Crippen molar-refractivity contribution in [3.05, 3.63) is 95.6 Å². The Balaban J connectivity index is 0.601. The third kappa shape index (κ3) is 11.4. The lowest BCUT2D eigenvalue weighted by atomic mass is 9.91. The molecule has 9 heterocycles. The van der Waals surface area contributed by atoms with E-state index in [4.69, 9.17) is 24.5 Å². The molecule has 0 spiro atoms. The third-order valence-corrected chi connectivity index (χ3v) is 16.9. The summed E-state index contributed by atoms with van der Waals surface area (Å²) in [7, 11) is 0. The number of benzene rings is 1. The summed E-state index contributed by atoms with van der Waals surface area (Å²) in [6, 6.07) is 18.1. The molecule has 6 aromatic rings. The molecule has 3 unspecified atom stereocenters. The van der Waals surface area contributed by atoms with Crippen molar-refractivity contribution < 1.29 is 38.5 Å². The number of aromatic hydroxyl groups is 1. The van der Waals surface area contributed by atoms with E-state index in [0.717, 1.165) is 97.9 Å². The van der Waals surface area contributed by atoms with E-state index in [1.807, 2.05) is 64.2 Å². The molecule has 1 saturated carbocycles. The number of carbonyl (C=O) groups excluding carboxylic acids is 2. The maximum atomic E-state index is 14.2. The monoisotopic (exact) mass is 1070 g/mol. The number of phenolic OH excluding ortho intramolecular Hbond substituents is 1. The summed E-state index contributed by atoms with van der Waals surface area (Å²) in [5.74, 6) is 0.263. The van der Waals surface area contributed by atoms with Gasteiger partial charge in [0.05, 0.1) is 57.5 Å². The van der Waals surface area contributed by atoms with Crippen LogP contribution < -0.4 is 30.3 Å². The molecule has 0 radical (unpaired) electrons. The summed E-state index contributed by atoms with van der Waals surface area (Å²) in [5, 5.41) is 36.9. The number of β-amino-alcohol motifs (C(OH)–C–C–N with tert-alkyl or cyclic N) is 1. The number of hydrogen-bond acceptors (Lipinski definition) is 19. The fraction of sp³-hybridized carbons (Fsp3) is 0.500. The van der Waals surface area contributed by atoms with E-state index >= 15 is 0 Å². The van der Waals surface area contributed by atoms with Crippen LogP contribution in [0.4, 0.5) is 17.2 Å². The Morgan fingerprint density at radius 1 is 0.883 bits per heavy atom. The number of para-hydroxylation sites is 1. The van der Waals surface area contributed by atoms with E-state index in [2.05, 4.69) is 62.5 Å². The van der Waals surface area contributed by atoms with E-state index < -0.39 is 18.1 Å². The van der Waals surface area contributed by atoms with Crippen molar-refractivity contribution in [2.75, 3.05) is 61.4 Å². The number of carbonyl (C=O) groups is 2. The van der Waals surface area contributed by atoms with Crippen molar-refractivity contribution in [2.24, 2.45) is 5.92 Å². The zero-order valence-electron chi connectivity index (χ0n) is 44.0. The second kappa shape index (κ2) is 22.6. The minimum atomic E-state index is -0.850. The van der Waals surface area contributed by atoms with Gasteiger partial charge in [-0.2, -0.15) is 0 Å². The Morgan fingerprint density at radius 3 is 2.40 bits per heavy atom. The summed E-state index contributed by atoms with van der Waals surface area (Å²) < 4.78 is 24.7. The molecule has 21 heteroatoms. The van der Waals surface area contributed by atoms with Crippen LogP contribution >= 0.6 is 11.3 Å². The van der Waals surface area contributed by atoms with Crippen molar-refractivity contribution in [1.29, 1.82) is 0 Å². The van der Waals surface area contributed by atoms with Gasteiger partial charge in [0.15, 0.2) is 11.6 Å². The van der Waals surface area contributed by atoms with Crippen LogP contribution in [0.5, 0.6) is 17.5 Å². The highest BCUT2D eigenvalue weighted by molar-refractivity contribution is 7.13. The minimum absolute atomic E-state index is 0.0405. The van der Waals surface area contributed by atoms with E-state index in [-0.39, 0.29) is 72.9 Å². The van der Waals surface area contributed by atoms with Gasteiger partial charge in [0.1, 0.15) is 30.4 Å². The molecule has 11 rings (SSSR count). The number of thiazole rings is 1. The van der Waals surface area contributed by atoms with Crippen LogP contribution in [0.2, 0.25) is 0 Å². The molecular formula is C56H68N12O8S. The molecule has 77 heavy (non-hydrogen) atoms. The van der Waals surface area contributed by atoms with Crippen LogP contribution in [0.15, 0.2) is 83.1 Å². The first-order chi connectivity index (χ1) is 37.3. The summed E-state index contributed by atoms with van der Waals surface area (Å²) >= 11 is 1.53. The lowest BCUT2D eigenvalue weighted by Gasteiger charge is -2.43. The number of aliphatic hydroxyl groups is 1. The highest BCUT2D eigenvalue weighted by Gasteiger charge is 2.45. The molecule has 5 aliphatic rings. The van der Waals surface area contributed by atoms with Crippen LogP contribution in [-0.2, 0) is 14.3 Å². The Kier molecular flexibility index (Phi) is 15.3. The number of fused-ring (bicyclic) bond motifs is 2. The number of nitrogens with two attached hydrogens (primary N) is 1. The number of aromatic nitrogens is 6. The van der Waals surface area contributed by atoms with Crippen LogP contribution in [0.25, 0.3) is 21.8 Å². The predicted molar refractivity (Wildman–Crippen MR) is 290 cm³/mol. The Morgan fingerprint density at radius 2 is 1.68 bits per heavy atom. The summed E-state index contributed by atoms with van der Waals surface area (Å²) in [6.07, 6.45) is 8.92. The number of hydrogen-bond donors (Lipinski definition) is 4. The SMILES string of the molecule is Cc1ncsc1-c1ccc([C@H](C)NC(=O)[C@H]2C[C@H](O)CN2C(=O)C(c2cc(OCCN3CCC(OC4CC(Oc5cc(N6C7CCC6CN(c6cc(-c8ccccc8O)nnc6N)C7)ccn5)C4)CC3)no2)C(C)C)cn1. The molecule has 4 saturated heterocycles. The smallest absolute Gasteiger partial charge is 0.254 e. The number of amides is 2. The maximum absolute atomic E-state index is 14.2. The van der Waals surface area contributed by atoms with Crippen molar-refractivity contribution >= 4 is 40.3 Å². The molecule has 406 valence electrons. The van der Waals surface area contributed by atoms with Gasteiger partial charge in [-0.1, -0.05) is 32.0 Å². The van der Waals surface area contributed by atoms with E-state index in [1.54, 1.807) is 29.9 Å². The van der Waals surface area contributed by atoms with Gasteiger partial charge in [-0.3, -0.25) is 19.5 Å². The van der Waals surface area contributed by atoms with Gasteiger partial charge in [-0.15, -0.1) is 21.5 Å². The molecule has 5 N–H and O–H groups in total. The number of aliphatic hydroxyl groups excluding tert-OH is 1. The number of piperazine rings is 1. The van der Waals surface area contributed by atoms with Crippen molar-refractivity contribution in [3.8, 4) is 39.3 Å². The molecule has 2 amide bonds. The van der Waals surface area contributed by atoms with Crippen molar-refractivity contribution in [1.82, 2.24) is 45.4 Å². The number of rotatable bonds is 18. The molecule has 4 aliphatic heterocycles. The normalized spacial score (nSPS) is 23.5. The first kappa shape index (κ1) is 52.1. The third-order valence-electron chi connectivity index (χ3n) is 16.0. The topological polar surface area (TPSA) is 244 Å². The molecule has 6 atom stereocenters. The Hall–Kier alpha value is -6.94. The fourth-order valence-corrected chi connectivity index (χ4v) is 12.6. The summed E-state index contributed by atoms with van der Waals surface area (Å²) in [5.41, 5.74) is 13.9. The van der Waals surface area contributed by atoms with Crippen LogP contribution in [0, 0.1) is 12.8 Å². The number of pyridine rings is 2. The average Bonchev–Trinajstić information content (AvgIpc) is 4.22. The van der Waals surface area contributed by atoms with Crippen molar-refractivity contribution in [2.45, 2.75) is 127 Å². The molecular weight excluding hydrogens is 1000 g/mol. The number of nitrogen functional groups attached to an aromatic ring is 1. The highest BCUT2D eigenvalue weighted by atomic mass is 32.1. The van der Waals surface area contributed by atoms with E-state index in [1.165, 1.54) is 16.2 Å². The van der Waals surface area contributed by atoms with Crippen LogP contribution in [-0.4, -0.2) is 151 Å². The number of nitrogens with one attached hydrogen (secondary N) is 1. The summed E-state index contributed by atoms with van der Waals surface area (Å²) in [4.78, 5) is 51.1. The minimum Gasteiger partial charge on any atom is -0.507 e. The number of piperidine rings is 1. The van der Waals surface area contributed by atoms with Crippen molar-refractivity contribution in [3.63, 3.8) is 0 Å². The fourth-order valence-electron chi connectivity index (χ4n) is 11.8. The highest BCUT2D eigenvalue weighted by Crippen LogP contribution is 2.41. The van der Waals surface area contributed by atoms with Gasteiger partial charge >= 0.3 is 0 Å². The number of likely N-dealkylation sites (tertiary alicyclic amines) is 2. The predicted octanol–water partition coefficient (Wildman–Crippen LogP) is 6.55. The Labute approximate surface area is 451 Å². The van der Waals surface area contributed by atoms with Gasteiger partial charge in [0.2, 0.25) is 17.7 Å². The number of nitrogens with zero attached hydrogens (tertiary/aromatic N) is 10. The zero-order chi connectivity index (χ0) is 53.3. The quantitative estimate of drug-likeness (QED) is 0.0713. The lowest BCUT2D eigenvalue weighted by Crippen LogP contribution is -2.54. The largest absolute Gasteiger partial charge is 0.507 e. The Bertz CT molecular complexity index is 3000.